The molecule has 2 fully saturated rings. The van der Waals surface area contributed by atoms with E-state index < -0.39 is 0 Å². The monoisotopic (exact) mass is 304 g/mol. The predicted molar refractivity (Wildman–Crippen MR) is 87.6 cm³/mol. The Kier molecular flexibility index (Phi) is 5.14. The van der Waals surface area contributed by atoms with Gasteiger partial charge < -0.3 is 15.6 Å². The predicted octanol–water partition coefficient (Wildman–Crippen LogP) is 1.69. The second kappa shape index (κ2) is 7.09. The zero-order valence-corrected chi connectivity index (χ0v) is 13.3. The van der Waals surface area contributed by atoms with Crippen molar-refractivity contribution in [1.29, 1.82) is 0 Å². The minimum atomic E-state index is -0.279. The van der Waals surface area contributed by atoms with Crippen LogP contribution in [0.25, 0.3) is 0 Å². The molecule has 1 aromatic rings. The molecule has 2 aliphatic rings. The molecule has 2 aliphatic heterocycles. The fourth-order valence-corrected chi connectivity index (χ4v) is 3.71. The molecule has 0 radical (unpaired) electrons. The average Bonchev–Trinajstić information content (AvgIpc) is 2.55. The van der Waals surface area contributed by atoms with E-state index in [-0.39, 0.29) is 11.7 Å². The van der Waals surface area contributed by atoms with Gasteiger partial charge in [-0.3, -0.25) is 4.90 Å². The van der Waals surface area contributed by atoms with E-state index in [4.69, 9.17) is 10.5 Å². The van der Waals surface area contributed by atoms with Crippen molar-refractivity contribution in [3.8, 4) is 0 Å². The number of hydrogen-bond donors (Lipinski definition) is 2. The summed E-state index contributed by atoms with van der Waals surface area (Å²) in [4.78, 5) is 2.47. The SMILES string of the molecule is NCCc1ccc(CN2CCC3(CC2)OCCC[C@@H]3O)cc1. The second-order valence-electron chi connectivity index (χ2n) is 6.70. The Hall–Kier alpha value is -0.940. The Labute approximate surface area is 133 Å². The Morgan fingerprint density at radius 3 is 2.50 bits per heavy atom. The van der Waals surface area contributed by atoms with Gasteiger partial charge in [-0.25, -0.2) is 0 Å². The first-order valence-electron chi connectivity index (χ1n) is 8.54. The van der Waals surface area contributed by atoms with Crippen LogP contribution in [-0.2, 0) is 17.7 Å². The molecule has 122 valence electrons. The number of rotatable bonds is 4. The van der Waals surface area contributed by atoms with Crippen LogP contribution in [0.5, 0.6) is 0 Å². The number of benzene rings is 1. The molecular formula is C18H28N2O2. The number of aliphatic hydroxyl groups excluding tert-OH is 1. The standard InChI is InChI=1S/C18H28N2O2/c19-10-7-15-3-5-16(6-4-15)14-20-11-8-18(9-12-20)17(21)2-1-13-22-18/h3-6,17,21H,1-2,7-14,19H2/t17-/m0/s1. The van der Waals surface area contributed by atoms with Gasteiger partial charge in [0, 0.05) is 26.2 Å². The van der Waals surface area contributed by atoms with Gasteiger partial charge in [0.25, 0.3) is 0 Å². The molecule has 0 aromatic heterocycles. The molecule has 3 N–H and O–H groups in total. The Morgan fingerprint density at radius 2 is 1.86 bits per heavy atom. The molecule has 2 heterocycles. The molecule has 0 saturated carbocycles. The minimum Gasteiger partial charge on any atom is -0.390 e. The van der Waals surface area contributed by atoms with Crippen LogP contribution in [-0.4, -0.2) is 48.0 Å². The molecule has 1 aromatic carbocycles. The van der Waals surface area contributed by atoms with E-state index in [1.54, 1.807) is 0 Å². The molecule has 0 aliphatic carbocycles. The quantitative estimate of drug-likeness (QED) is 0.889. The van der Waals surface area contributed by atoms with Crippen LogP contribution in [0.15, 0.2) is 24.3 Å². The van der Waals surface area contributed by atoms with Crippen LogP contribution in [0.4, 0.5) is 0 Å². The number of ether oxygens (including phenoxy) is 1. The van der Waals surface area contributed by atoms with Crippen LogP contribution in [0.3, 0.4) is 0 Å². The third-order valence-corrected chi connectivity index (χ3v) is 5.18. The molecule has 2 saturated heterocycles. The van der Waals surface area contributed by atoms with Crippen LogP contribution >= 0.6 is 0 Å². The maximum Gasteiger partial charge on any atom is 0.0964 e. The van der Waals surface area contributed by atoms with Gasteiger partial charge >= 0.3 is 0 Å². The molecule has 1 spiro atoms. The molecule has 0 unspecified atom stereocenters. The molecule has 1 atom stereocenters. The van der Waals surface area contributed by atoms with Crippen LogP contribution in [0.1, 0.15) is 36.8 Å². The van der Waals surface area contributed by atoms with Crippen LogP contribution in [0.2, 0.25) is 0 Å². The molecule has 0 bridgehead atoms. The smallest absolute Gasteiger partial charge is 0.0964 e. The number of hydrogen-bond acceptors (Lipinski definition) is 4. The van der Waals surface area contributed by atoms with Crippen molar-refractivity contribution in [3.05, 3.63) is 35.4 Å². The van der Waals surface area contributed by atoms with Crippen molar-refractivity contribution in [3.63, 3.8) is 0 Å². The topological polar surface area (TPSA) is 58.7 Å². The van der Waals surface area contributed by atoms with Crippen LogP contribution < -0.4 is 5.73 Å². The summed E-state index contributed by atoms with van der Waals surface area (Å²) >= 11 is 0. The summed E-state index contributed by atoms with van der Waals surface area (Å²) in [6.45, 7) is 4.49. The largest absolute Gasteiger partial charge is 0.390 e. The molecule has 3 rings (SSSR count). The third-order valence-electron chi connectivity index (χ3n) is 5.18. The number of nitrogens with two attached hydrogens (primary N) is 1. The second-order valence-corrected chi connectivity index (χ2v) is 6.70. The highest BCUT2D eigenvalue weighted by atomic mass is 16.5. The summed E-state index contributed by atoms with van der Waals surface area (Å²) in [5.74, 6) is 0. The van der Waals surface area contributed by atoms with Crippen molar-refractivity contribution in [2.75, 3.05) is 26.2 Å². The zero-order valence-electron chi connectivity index (χ0n) is 13.3. The first-order chi connectivity index (χ1) is 10.7. The van der Waals surface area contributed by atoms with Gasteiger partial charge in [0.15, 0.2) is 0 Å². The van der Waals surface area contributed by atoms with E-state index in [1.807, 2.05) is 0 Å². The lowest BCUT2D eigenvalue weighted by molar-refractivity contribution is -0.177. The van der Waals surface area contributed by atoms with Gasteiger partial charge in [-0.15, -0.1) is 0 Å². The molecular weight excluding hydrogens is 276 g/mol. The van der Waals surface area contributed by atoms with Crippen LogP contribution in [0, 0.1) is 0 Å². The minimum absolute atomic E-state index is 0.264. The highest BCUT2D eigenvalue weighted by Gasteiger charge is 2.43. The van der Waals surface area contributed by atoms with E-state index in [1.165, 1.54) is 11.1 Å². The number of likely N-dealkylation sites (tertiary alicyclic amines) is 1. The van der Waals surface area contributed by atoms with Gasteiger partial charge in [0.05, 0.1) is 11.7 Å². The van der Waals surface area contributed by atoms with Gasteiger partial charge in [0.1, 0.15) is 0 Å². The number of piperidine rings is 1. The number of nitrogens with zero attached hydrogens (tertiary/aromatic N) is 1. The van der Waals surface area contributed by atoms with E-state index in [0.29, 0.717) is 6.54 Å². The lowest BCUT2D eigenvalue weighted by Gasteiger charge is -2.46. The first-order valence-corrected chi connectivity index (χ1v) is 8.54. The maximum absolute atomic E-state index is 10.3. The highest BCUT2D eigenvalue weighted by Crippen LogP contribution is 2.35. The van der Waals surface area contributed by atoms with E-state index in [9.17, 15) is 5.11 Å². The fourth-order valence-electron chi connectivity index (χ4n) is 3.71. The van der Waals surface area contributed by atoms with Gasteiger partial charge in [-0.05, 0) is 49.8 Å². The Bertz CT molecular complexity index is 466. The zero-order chi connectivity index (χ0) is 15.4. The summed E-state index contributed by atoms with van der Waals surface area (Å²) < 4.78 is 5.97. The highest BCUT2D eigenvalue weighted by molar-refractivity contribution is 5.22. The van der Waals surface area contributed by atoms with Crippen molar-refractivity contribution in [2.24, 2.45) is 5.73 Å². The van der Waals surface area contributed by atoms with Gasteiger partial charge in [-0.2, -0.15) is 0 Å². The lowest BCUT2D eigenvalue weighted by atomic mass is 9.82. The summed E-state index contributed by atoms with van der Waals surface area (Å²) in [7, 11) is 0. The molecule has 0 amide bonds. The molecule has 22 heavy (non-hydrogen) atoms. The average molecular weight is 304 g/mol. The first kappa shape index (κ1) is 15.9. The summed E-state index contributed by atoms with van der Waals surface area (Å²) in [6.07, 6.45) is 4.43. The van der Waals surface area contributed by atoms with Crippen molar-refractivity contribution in [1.82, 2.24) is 4.90 Å². The van der Waals surface area contributed by atoms with Crippen molar-refractivity contribution < 1.29 is 9.84 Å². The maximum atomic E-state index is 10.3. The number of aliphatic hydroxyl groups is 1. The molecule has 4 heteroatoms. The van der Waals surface area contributed by atoms with Crippen molar-refractivity contribution in [2.45, 2.75) is 50.4 Å². The van der Waals surface area contributed by atoms with Crippen molar-refractivity contribution >= 4 is 0 Å². The Balaban J connectivity index is 1.53. The summed E-state index contributed by atoms with van der Waals surface area (Å²) in [6, 6.07) is 8.78. The van der Waals surface area contributed by atoms with E-state index in [2.05, 4.69) is 29.2 Å². The fraction of sp³-hybridized carbons (Fsp3) is 0.667. The Morgan fingerprint density at radius 1 is 1.18 bits per heavy atom. The van der Waals surface area contributed by atoms with E-state index >= 15 is 0 Å². The normalized spacial score (nSPS) is 25.5. The van der Waals surface area contributed by atoms with Gasteiger partial charge in [0.2, 0.25) is 0 Å². The summed E-state index contributed by atoms with van der Waals surface area (Å²) in [5.41, 5.74) is 7.98. The van der Waals surface area contributed by atoms with Gasteiger partial charge in [-0.1, -0.05) is 24.3 Å². The third kappa shape index (κ3) is 3.51. The van der Waals surface area contributed by atoms with E-state index in [0.717, 1.165) is 58.3 Å². The summed E-state index contributed by atoms with van der Waals surface area (Å²) in [5, 5.41) is 10.3. The lowest BCUT2D eigenvalue weighted by Crippen LogP contribution is -2.55. The molecule has 4 nitrogen and oxygen atoms in total.